The second kappa shape index (κ2) is 7.27. The number of carbonyl (C=O) groups excluding carboxylic acids is 1. The summed E-state index contributed by atoms with van der Waals surface area (Å²) in [5.74, 6) is 0.172. The predicted octanol–water partition coefficient (Wildman–Crippen LogP) is 4.68. The fourth-order valence-electron chi connectivity index (χ4n) is 2.64. The van der Waals surface area contributed by atoms with Crippen molar-refractivity contribution in [2.24, 2.45) is 0 Å². The average molecular weight is 398 g/mol. The molecule has 0 radical (unpaired) electrons. The average Bonchev–Trinajstić information content (AvgIpc) is 3.35. The number of fused-ring (bicyclic) bond motifs is 1. The van der Waals surface area contributed by atoms with Crippen molar-refractivity contribution < 1.29 is 22.4 Å². The second-order valence-electron chi connectivity index (χ2n) is 6.08. The molecule has 0 bridgehead atoms. The molecule has 4 aromatic rings. The summed E-state index contributed by atoms with van der Waals surface area (Å²) in [5.41, 5.74) is 0.778. The van der Waals surface area contributed by atoms with Gasteiger partial charge in [-0.2, -0.15) is 18.0 Å². The molecule has 2 aromatic carbocycles. The van der Waals surface area contributed by atoms with Crippen LogP contribution in [-0.4, -0.2) is 20.9 Å². The van der Waals surface area contributed by atoms with Crippen LogP contribution in [0.4, 0.5) is 18.9 Å². The van der Waals surface area contributed by atoms with Crippen LogP contribution in [0.15, 0.2) is 71.4 Å². The Morgan fingerprint density at radius 2 is 1.86 bits per heavy atom. The number of furan rings is 1. The largest absolute Gasteiger partial charge is 0.465 e. The molecule has 0 atom stereocenters. The molecule has 0 fully saturated rings. The highest BCUT2D eigenvalue weighted by atomic mass is 19.4. The number of hydrogen-bond donors (Lipinski definition) is 1. The van der Waals surface area contributed by atoms with E-state index in [0.29, 0.717) is 22.5 Å². The summed E-state index contributed by atoms with van der Waals surface area (Å²) in [6.45, 7) is 0. The van der Waals surface area contributed by atoms with Gasteiger partial charge in [0, 0.05) is 11.8 Å². The molecule has 0 saturated heterocycles. The smallest absolute Gasteiger partial charge is 0.416 e. The molecule has 2 heterocycles. The van der Waals surface area contributed by atoms with Crippen LogP contribution in [0.3, 0.4) is 0 Å². The Kier molecular flexibility index (Phi) is 4.63. The molecule has 2 aromatic heterocycles. The lowest BCUT2D eigenvalue weighted by Gasteiger charge is -2.07. The Hall–Kier alpha value is -3.88. The topological polar surface area (TPSA) is 73.0 Å². The van der Waals surface area contributed by atoms with E-state index < -0.39 is 11.7 Å². The van der Waals surface area contributed by atoms with E-state index in [1.807, 2.05) is 0 Å². The summed E-state index contributed by atoms with van der Waals surface area (Å²) in [5, 5.41) is 11.1. The first-order valence-electron chi connectivity index (χ1n) is 8.46. The number of aromatic nitrogens is 3. The number of nitrogens with zero attached hydrogens (tertiary/aromatic N) is 3. The maximum Gasteiger partial charge on any atom is 0.416 e. The van der Waals surface area contributed by atoms with Gasteiger partial charge in [-0.1, -0.05) is 6.07 Å². The molecule has 4 rings (SSSR count). The van der Waals surface area contributed by atoms with Crippen LogP contribution in [-0.2, 0) is 11.0 Å². The van der Waals surface area contributed by atoms with E-state index in [0.717, 1.165) is 16.9 Å². The SMILES string of the molecule is O=C(/C=C/c1ccco1)Nc1ccc2nn(-c3cccc(C(F)(F)F)c3)nc2c1. The number of carbonyl (C=O) groups is 1. The van der Waals surface area contributed by atoms with Crippen molar-refractivity contribution >= 4 is 28.7 Å². The van der Waals surface area contributed by atoms with Crippen LogP contribution < -0.4 is 5.32 Å². The third-order valence-electron chi connectivity index (χ3n) is 3.99. The van der Waals surface area contributed by atoms with Crippen molar-refractivity contribution in [3.63, 3.8) is 0 Å². The zero-order chi connectivity index (χ0) is 20.4. The maximum atomic E-state index is 12.9. The second-order valence-corrected chi connectivity index (χ2v) is 6.08. The van der Waals surface area contributed by atoms with Gasteiger partial charge in [0.15, 0.2) is 0 Å². The molecule has 146 valence electrons. The summed E-state index contributed by atoms with van der Waals surface area (Å²) in [4.78, 5) is 13.1. The fourth-order valence-corrected chi connectivity index (χ4v) is 2.64. The summed E-state index contributed by atoms with van der Waals surface area (Å²) >= 11 is 0. The third-order valence-corrected chi connectivity index (χ3v) is 3.99. The van der Waals surface area contributed by atoms with Gasteiger partial charge in [0.1, 0.15) is 16.8 Å². The summed E-state index contributed by atoms with van der Waals surface area (Å²) in [6, 6.07) is 13.0. The minimum Gasteiger partial charge on any atom is -0.465 e. The molecule has 1 amide bonds. The van der Waals surface area contributed by atoms with Gasteiger partial charge in [0.05, 0.1) is 17.5 Å². The van der Waals surface area contributed by atoms with Crippen LogP contribution in [0.25, 0.3) is 22.8 Å². The van der Waals surface area contributed by atoms with Crippen molar-refractivity contribution in [3.05, 3.63) is 78.3 Å². The molecule has 0 aliphatic carbocycles. The van der Waals surface area contributed by atoms with Crippen molar-refractivity contribution in [2.75, 3.05) is 5.32 Å². The lowest BCUT2D eigenvalue weighted by molar-refractivity contribution is -0.137. The molecule has 0 aliphatic heterocycles. The maximum absolute atomic E-state index is 12.9. The molecule has 0 unspecified atom stereocenters. The van der Waals surface area contributed by atoms with Gasteiger partial charge in [-0.15, -0.1) is 10.2 Å². The van der Waals surface area contributed by atoms with Gasteiger partial charge in [0.25, 0.3) is 0 Å². The summed E-state index contributed by atoms with van der Waals surface area (Å²) < 4.78 is 43.8. The first kappa shape index (κ1) is 18.5. The molecule has 9 heteroatoms. The molecule has 0 saturated carbocycles. The first-order valence-corrected chi connectivity index (χ1v) is 8.46. The number of anilines is 1. The molecule has 0 spiro atoms. The van der Waals surface area contributed by atoms with Crippen LogP contribution in [0, 0.1) is 0 Å². The predicted molar refractivity (Wildman–Crippen MR) is 100 cm³/mol. The zero-order valence-corrected chi connectivity index (χ0v) is 14.7. The molecule has 0 aliphatic rings. The van der Waals surface area contributed by atoms with E-state index in [9.17, 15) is 18.0 Å². The number of alkyl halides is 3. The van der Waals surface area contributed by atoms with Crippen molar-refractivity contribution in [1.29, 1.82) is 0 Å². The van der Waals surface area contributed by atoms with Crippen LogP contribution in [0.5, 0.6) is 0 Å². The van der Waals surface area contributed by atoms with Gasteiger partial charge >= 0.3 is 6.18 Å². The monoisotopic (exact) mass is 398 g/mol. The lowest BCUT2D eigenvalue weighted by Crippen LogP contribution is -2.07. The lowest BCUT2D eigenvalue weighted by atomic mass is 10.2. The first-order chi connectivity index (χ1) is 13.9. The number of rotatable bonds is 4. The Labute approximate surface area is 162 Å². The van der Waals surface area contributed by atoms with Gasteiger partial charge in [-0.25, -0.2) is 0 Å². The Morgan fingerprint density at radius 3 is 2.62 bits per heavy atom. The van der Waals surface area contributed by atoms with Crippen LogP contribution >= 0.6 is 0 Å². The van der Waals surface area contributed by atoms with Gasteiger partial charge < -0.3 is 9.73 Å². The van der Waals surface area contributed by atoms with Crippen LogP contribution in [0.2, 0.25) is 0 Å². The molecule has 1 N–H and O–H groups in total. The van der Waals surface area contributed by atoms with E-state index in [1.54, 1.807) is 30.3 Å². The van der Waals surface area contributed by atoms with Crippen molar-refractivity contribution in [1.82, 2.24) is 15.0 Å². The molecule has 6 nitrogen and oxygen atoms in total. The Morgan fingerprint density at radius 1 is 1.03 bits per heavy atom. The van der Waals surface area contributed by atoms with Crippen LogP contribution in [0.1, 0.15) is 11.3 Å². The molecular formula is C20H13F3N4O2. The van der Waals surface area contributed by atoms with Gasteiger partial charge in [-0.05, 0) is 54.6 Å². The zero-order valence-electron chi connectivity index (χ0n) is 14.7. The minimum atomic E-state index is -4.46. The summed E-state index contributed by atoms with van der Waals surface area (Å²) in [7, 11) is 0. The molecule has 29 heavy (non-hydrogen) atoms. The normalized spacial score (nSPS) is 12.0. The van der Waals surface area contributed by atoms with Gasteiger partial charge in [-0.3, -0.25) is 4.79 Å². The quantitative estimate of drug-likeness (QED) is 0.507. The molecular weight excluding hydrogens is 385 g/mol. The number of amides is 1. The highest BCUT2D eigenvalue weighted by Crippen LogP contribution is 2.30. The van der Waals surface area contributed by atoms with E-state index in [1.165, 1.54) is 30.5 Å². The van der Waals surface area contributed by atoms with E-state index in [2.05, 4.69) is 15.5 Å². The van der Waals surface area contributed by atoms with E-state index >= 15 is 0 Å². The third kappa shape index (κ3) is 4.18. The van der Waals surface area contributed by atoms with Crippen molar-refractivity contribution in [2.45, 2.75) is 6.18 Å². The number of nitrogens with one attached hydrogen (secondary N) is 1. The minimum absolute atomic E-state index is 0.183. The van der Waals surface area contributed by atoms with E-state index in [4.69, 9.17) is 4.42 Å². The number of benzene rings is 2. The number of hydrogen-bond acceptors (Lipinski definition) is 4. The van der Waals surface area contributed by atoms with Gasteiger partial charge in [0.2, 0.25) is 5.91 Å². The highest BCUT2D eigenvalue weighted by Gasteiger charge is 2.30. The summed E-state index contributed by atoms with van der Waals surface area (Å²) in [6.07, 6.45) is -0.108. The fraction of sp³-hybridized carbons (Fsp3) is 0.0500. The Balaban J connectivity index is 1.56. The Bertz CT molecular complexity index is 1190. The number of halogens is 3. The highest BCUT2D eigenvalue weighted by molar-refractivity contribution is 6.02. The standard InChI is InChI=1S/C20H13F3N4O2/c21-20(22,23)13-3-1-4-15(11-13)27-25-17-8-6-14(12-18(17)26-27)24-19(28)9-7-16-5-2-10-29-16/h1-12H,(H,24,28)/b9-7+. The van der Waals surface area contributed by atoms with E-state index in [-0.39, 0.29) is 11.6 Å². The van der Waals surface area contributed by atoms with Crippen molar-refractivity contribution in [3.8, 4) is 5.69 Å².